The topological polar surface area (TPSA) is 91.2 Å². The molecule has 0 aliphatic carbocycles. The van der Waals surface area contributed by atoms with Crippen molar-refractivity contribution in [2.24, 2.45) is 9.98 Å². The van der Waals surface area contributed by atoms with Gasteiger partial charge in [-0.05, 0) is 24.1 Å². The van der Waals surface area contributed by atoms with Crippen LogP contribution in [0.25, 0.3) is 0 Å². The Balaban J connectivity index is 1.31. The summed E-state index contributed by atoms with van der Waals surface area (Å²) in [6.07, 6.45) is 0.656. The normalized spacial score (nSPS) is 16.1. The van der Waals surface area contributed by atoms with Gasteiger partial charge in [-0.1, -0.05) is 84.6 Å². The summed E-state index contributed by atoms with van der Waals surface area (Å²) < 4.78 is 0. The zero-order valence-electron chi connectivity index (χ0n) is 19.5. The molecule has 7 nitrogen and oxygen atoms in total. The van der Waals surface area contributed by atoms with Gasteiger partial charge >= 0.3 is 0 Å². The Kier molecular flexibility index (Phi) is 7.04. The molecule has 5 rings (SSSR count). The second-order valence-electron chi connectivity index (χ2n) is 8.44. The molecule has 0 saturated carbocycles. The minimum absolute atomic E-state index is 0.0404. The third-order valence-corrected chi connectivity index (χ3v) is 6.95. The number of hydrogen-bond acceptors (Lipinski definition) is 6. The first kappa shape index (κ1) is 23.7. The highest BCUT2D eigenvalue weighted by Gasteiger charge is 2.42. The van der Waals surface area contributed by atoms with Crippen LogP contribution in [0.15, 0.2) is 94.9 Å². The number of aliphatic imine (C=N–C) groups is 2. The smallest absolute Gasteiger partial charge is 0.271 e. The molecule has 3 aromatic rings. The van der Waals surface area contributed by atoms with Crippen LogP contribution in [0.5, 0.6) is 0 Å². The molecular weight excluding hydrogens is 472 g/mol. The van der Waals surface area contributed by atoms with Gasteiger partial charge in [0.1, 0.15) is 11.9 Å². The maximum absolute atomic E-state index is 12.9. The molecule has 1 unspecified atom stereocenters. The molecule has 0 saturated heterocycles. The van der Waals surface area contributed by atoms with Gasteiger partial charge in [0.15, 0.2) is 11.0 Å². The molecule has 180 valence electrons. The van der Waals surface area contributed by atoms with Crippen molar-refractivity contribution >= 4 is 46.1 Å². The Hall–Kier alpha value is -4.04. The third-order valence-electron chi connectivity index (χ3n) is 5.99. The summed E-state index contributed by atoms with van der Waals surface area (Å²) >= 11 is 1.25. The Morgan fingerprint density at radius 1 is 0.889 bits per heavy atom. The number of thioether (sulfide) groups is 1. The van der Waals surface area contributed by atoms with Gasteiger partial charge in [0.2, 0.25) is 5.91 Å². The van der Waals surface area contributed by atoms with Crippen LogP contribution in [0.2, 0.25) is 0 Å². The number of nitrogens with zero attached hydrogens (tertiary/aromatic N) is 3. The Labute approximate surface area is 213 Å². The van der Waals surface area contributed by atoms with Gasteiger partial charge in [-0.25, -0.2) is 4.99 Å². The second kappa shape index (κ2) is 10.7. The molecule has 1 N–H and O–H groups in total. The van der Waals surface area contributed by atoms with Crippen molar-refractivity contribution in [1.29, 1.82) is 0 Å². The highest BCUT2D eigenvalue weighted by molar-refractivity contribution is 8.14. The van der Waals surface area contributed by atoms with E-state index in [1.807, 2.05) is 72.8 Å². The second-order valence-corrected chi connectivity index (χ2v) is 9.38. The molecule has 0 bridgehead atoms. The molecule has 0 spiro atoms. The average Bonchev–Trinajstić information content (AvgIpc) is 3.24. The molecule has 2 amide bonds. The number of fused-ring (bicyclic) bond motifs is 3. The predicted molar refractivity (Wildman–Crippen MR) is 142 cm³/mol. The lowest BCUT2D eigenvalue weighted by Crippen LogP contribution is -2.46. The lowest BCUT2D eigenvalue weighted by atomic mass is 10.1. The number of rotatable bonds is 8. The van der Waals surface area contributed by atoms with Crippen LogP contribution < -0.4 is 5.32 Å². The zero-order chi connectivity index (χ0) is 24.9. The summed E-state index contributed by atoms with van der Waals surface area (Å²) in [7, 11) is 0. The zero-order valence-corrected chi connectivity index (χ0v) is 20.3. The Morgan fingerprint density at radius 3 is 2.36 bits per heavy atom. The van der Waals surface area contributed by atoms with Gasteiger partial charge in [0.05, 0.1) is 17.9 Å². The van der Waals surface area contributed by atoms with Crippen molar-refractivity contribution in [3.05, 3.63) is 102 Å². The van der Waals surface area contributed by atoms with Crippen LogP contribution in [0.3, 0.4) is 0 Å². The van der Waals surface area contributed by atoms with Gasteiger partial charge in [-0.3, -0.25) is 19.3 Å². The van der Waals surface area contributed by atoms with Gasteiger partial charge in [-0.2, -0.15) is 4.99 Å². The minimum atomic E-state index is -0.803. The lowest BCUT2D eigenvalue weighted by molar-refractivity contribution is -0.126. The Bertz CT molecular complexity index is 1360. The van der Waals surface area contributed by atoms with E-state index < -0.39 is 6.04 Å². The van der Waals surface area contributed by atoms with Crippen molar-refractivity contribution in [3.63, 3.8) is 0 Å². The highest BCUT2D eigenvalue weighted by atomic mass is 32.2. The van der Waals surface area contributed by atoms with Crippen molar-refractivity contribution < 1.29 is 14.4 Å². The molecule has 0 aromatic heterocycles. The molecular formula is C28H24N4O3S. The summed E-state index contributed by atoms with van der Waals surface area (Å²) in [5.41, 5.74) is 3.16. The van der Waals surface area contributed by atoms with Crippen molar-refractivity contribution in [3.8, 4) is 0 Å². The van der Waals surface area contributed by atoms with Crippen molar-refractivity contribution in [2.45, 2.75) is 18.9 Å². The van der Waals surface area contributed by atoms with Crippen LogP contribution in [-0.4, -0.2) is 51.8 Å². The van der Waals surface area contributed by atoms with Gasteiger partial charge in [0.25, 0.3) is 5.91 Å². The SMILES string of the molecule is O=C(CC1C(=O)N=C2c3ccccc3N=C(SCC(=O)c3ccccc3)N21)NCCc1ccccc1. The number of benzene rings is 3. The third kappa shape index (κ3) is 5.13. The fraction of sp³-hybridized carbons (Fsp3) is 0.179. The fourth-order valence-corrected chi connectivity index (χ4v) is 5.12. The van der Waals surface area contributed by atoms with E-state index >= 15 is 0 Å². The quantitative estimate of drug-likeness (QED) is 0.476. The number of ketones is 1. The molecule has 2 aliphatic heterocycles. The number of Topliss-reactive ketones (excluding diaryl/α,β-unsaturated/α-hetero) is 1. The molecule has 0 radical (unpaired) electrons. The molecule has 2 heterocycles. The number of amides is 2. The van der Waals surface area contributed by atoms with Crippen LogP contribution in [-0.2, 0) is 16.0 Å². The van der Waals surface area contributed by atoms with Crippen LogP contribution in [0.1, 0.15) is 27.9 Å². The van der Waals surface area contributed by atoms with E-state index in [2.05, 4.69) is 10.3 Å². The van der Waals surface area contributed by atoms with E-state index in [4.69, 9.17) is 4.99 Å². The standard InChI is InChI=1S/C28H24N4O3S/c33-24(20-11-5-2-6-12-20)18-36-28-30-22-14-8-7-13-21(22)26-31-27(35)23(32(26)28)17-25(34)29-16-15-19-9-3-1-4-10-19/h1-14,23H,15-18H2,(H,29,34). The molecule has 3 aromatic carbocycles. The number of nitrogens with one attached hydrogen (secondary N) is 1. The van der Waals surface area contributed by atoms with Gasteiger partial charge in [0, 0.05) is 17.7 Å². The van der Waals surface area contributed by atoms with E-state index in [1.54, 1.807) is 17.0 Å². The Morgan fingerprint density at radius 2 is 1.58 bits per heavy atom. The monoisotopic (exact) mass is 496 g/mol. The summed E-state index contributed by atoms with van der Waals surface area (Å²) in [4.78, 5) is 49.2. The molecule has 36 heavy (non-hydrogen) atoms. The summed E-state index contributed by atoms with van der Waals surface area (Å²) in [5, 5.41) is 3.40. The van der Waals surface area contributed by atoms with E-state index in [9.17, 15) is 14.4 Å². The maximum atomic E-state index is 12.9. The number of carbonyl (C=O) groups excluding carboxylic acids is 3. The summed E-state index contributed by atoms with van der Waals surface area (Å²) in [6, 6.07) is 25.6. The molecule has 1 atom stereocenters. The first-order valence-corrected chi connectivity index (χ1v) is 12.7. The summed E-state index contributed by atoms with van der Waals surface area (Å²) in [5.74, 6) is -0.0328. The van der Waals surface area contributed by atoms with Crippen molar-refractivity contribution in [1.82, 2.24) is 10.2 Å². The predicted octanol–water partition coefficient (Wildman–Crippen LogP) is 4.01. The van der Waals surface area contributed by atoms with Crippen LogP contribution in [0, 0.1) is 0 Å². The average molecular weight is 497 g/mol. The maximum Gasteiger partial charge on any atom is 0.271 e. The number of amidine groups is 2. The van der Waals surface area contributed by atoms with Gasteiger partial charge < -0.3 is 5.32 Å². The van der Waals surface area contributed by atoms with E-state index in [0.29, 0.717) is 35.2 Å². The highest BCUT2D eigenvalue weighted by Crippen LogP contribution is 2.35. The summed E-state index contributed by atoms with van der Waals surface area (Å²) in [6.45, 7) is 0.474. The lowest BCUT2D eigenvalue weighted by Gasteiger charge is -2.30. The number of carbonyl (C=O) groups is 3. The largest absolute Gasteiger partial charge is 0.356 e. The van der Waals surface area contributed by atoms with Gasteiger partial charge in [-0.15, -0.1) is 0 Å². The van der Waals surface area contributed by atoms with Crippen LogP contribution >= 0.6 is 11.8 Å². The molecule has 0 fully saturated rings. The van der Waals surface area contributed by atoms with E-state index in [1.165, 1.54) is 11.8 Å². The fourth-order valence-electron chi connectivity index (χ4n) is 4.18. The number of hydrogen-bond donors (Lipinski definition) is 1. The van der Waals surface area contributed by atoms with E-state index in [-0.39, 0.29) is 29.8 Å². The first-order chi connectivity index (χ1) is 17.6. The number of para-hydroxylation sites is 1. The first-order valence-electron chi connectivity index (χ1n) is 11.7. The molecule has 2 aliphatic rings. The van der Waals surface area contributed by atoms with E-state index in [0.717, 1.165) is 11.1 Å². The molecule has 8 heteroatoms. The van der Waals surface area contributed by atoms with Crippen LogP contribution in [0.4, 0.5) is 5.69 Å². The van der Waals surface area contributed by atoms with Crippen molar-refractivity contribution in [2.75, 3.05) is 12.3 Å². The minimum Gasteiger partial charge on any atom is -0.356 e.